The third kappa shape index (κ3) is 2.58. The lowest BCUT2D eigenvalue weighted by Gasteiger charge is -2.42. The van der Waals surface area contributed by atoms with Gasteiger partial charge in [-0.15, -0.1) is 0 Å². The molecule has 1 aliphatic heterocycles. The van der Waals surface area contributed by atoms with Crippen LogP contribution in [-0.2, 0) is 4.79 Å². The number of piperidine rings is 1. The van der Waals surface area contributed by atoms with Gasteiger partial charge < -0.3 is 20.5 Å². The fourth-order valence-electron chi connectivity index (χ4n) is 2.92. The van der Waals surface area contributed by atoms with Crippen LogP contribution in [0.15, 0.2) is 24.3 Å². The summed E-state index contributed by atoms with van der Waals surface area (Å²) in [6, 6.07) is 7.44. The molecule has 110 valence electrons. The molecule has 5 nitrogen and oxygen atoms in total. The standard InChI is InChI=1S/C15H22N2O3/c1-3-11-10-16-9-8-15(11,14(18)19)17-12-6-4-5-7-13(12)20-2/h4-7,11,16-17H,3,8-10H2,1-2H3,(H,18,19). The molecule has 2 atom stereocenters. The lowest BCUT2D eigenvalue weighted by Crippen LogP contribution is -2.59. The summed E-state index contributed by atoms with van der Waals surface area (Å²) in [4.78, 5) is 11.9. The number of para-hydroxylation sites is 2. The van der Waals surface area contributed by atoms with Crippen molar-refractivity contribution < 1.29 is 14.6 Å². The third-order valence-corrected chi connectivity index (χ3v) is 4.12. The van der Waals surface area contributed by atoms with Gasteiger partial charge in [0.2, 0.25) is 0 Å². The quantitative estimate of drug-likeness (QED) is 0.768. The molecule has 20 heavy (non-hydrogen) atoms. The van der Waals surface area contributed by atoms with Gasteiger partial charge in [0.1, 0.15) is 11.3 Å². The average Bonchev–Trinajstić information content (AvgIpc) is 2.48. The van der Waals surface area contributed by atoms with Gasteiger partial charge in [0.05, 0.1) is 12.8 Å². The smallest absolute Gasteiger partial charge is 0.329 e. The highest BCUT2D eigenvalue weighted by molar-refractivity contribution is 5.84. The molecule has 0 aromatic heterocycles. The highest BCUT2D eigenvalue weighted by Gasteiger charge is 2.46. The Labute approximate surface area is 119 Å². The molecule has 3 N–H and O–H groups in total. The van der Waals surface area contributed by atoms with Crippen molar-refractivity contribution in [2.24, 2.45) is 5.92 Å². The molecule has 0 bridgehead atoms. The van der Waals surface area contributed by atoms with Crippen LogP contribution in [0.3, 0.4) is 0 Å². The van der Waals surface area contributed by atoms with Crippen molar-refractivity contribution in [1.82, 2.24) is 5.32 Å². The molecular formula is C15H22N2O3. The molecule has 1 aromatic carbocycles. The van der Waals surface area contributed by atoms with Crippen molar-refractivity contribution in [1.29, 1.82) is 0 Å². The predicted molar refractivity (Wildman–Crippen MR) is 78.3 cm³/mol. The second kappa shape index (κ2) is 6.13. The molecule has 0 aliphatic carbocycles. The molecule has 1 aliphatic rings. The molecule has 2 unspecified atom stereocenters. The van der Waals surface area contributed by atoms with Crippen LogP contribution in [0.4, 0.5) is 5.69 Å². The van der Waals surface area contributed by atoms with Crippen molar-refractivity contribution in [3.8, 4) is 5.75 Å². The van der Waals surface area contributed by atoms with Crippen LogP contribution in [0, 0.1) is 5.92 Å². The van der Waals surface area contributed by atoms with Crippen LogP contribution >= 0.6 is 0 Å². The van der Waals surface area contributed by atoms with Crippen molar-refractivity contribution in [3.05, 3.63) is 24.3 Å². The molecule has 2 rings (SSSR count). The van der Waals surface area contributed by atoms with E-state index in [-0.39, 0.29) is 5.92 Å². The number of rotatable bonds is 5. The SMILES string of the molecule is CCC1CNCCC1(Nc1ccccc1OC)C(=O)O. The summed E-state index contributed by atoms with van der Waals surface area (Å²) in [6.07, 6.45) is 1.36. The molecule has 1 aromatic rings. The molecular weight excluding hydrogens is 256 g/mol. The highest BCUT2D eigenvalue weighted by atomic mass is 16.5. The third-order valence-electron chi connectivity index (χ3n) is 4.12. The predicted octanol–water partition coefficient (Wildman–Crippen LogP) is 1.95. The zero-order valence-electron chi connectivity index (χ0n) is 12.0. The van der Waals surface area contributed by atoms with E-state index in [2.05, 4.69) is 10.6 Å². The number of ether oxygens (including phenoxy) is 1. The maximum atomic E-state index is 11.9. The van der Waals surface area contributed by atoms with Gasteiger partial charge in [-0.3, -0.25) is 0 Å². The van der Waals surface area contributed by atoms with Crippen molar-refractivity contribution >= 4 is 11.7 Å². The van der Waals surface area contributed by atoms with E-state index in [1.54, 1.807) is 7.11 Å². The monoisotopic (exact) mass is 278 g/mol. The summed E-state index contributed by atoms with van der Waals surface area (Å²) < 4.78 is 5.31. The number of methoxy groups -OCH3 is 1. The van der Waals surface area contributed by atoms with Crippen molar-refractivity contribution in [2.45, 2.75) is 25.3 Å². The Morgan fingerprint density at radius 2 is 2.30 bits per heavy atom. The lowest BCUT2D eigenvalue weighted by atomic mass is 9.76. The van der Waals surface area contributed by atoms with Gasteiger partial charge in [-0.25, -0.2) is 4.79 Å². The van der Waals surface area contributed by atoms with E-state index in [9.17, 15) is 9.90 Å². The number of carbonyl (C=O) groups is 1. The summed E-state index contributed by atoms with van der Waals surface area (Å²) in [5, 5.41) is 16.3. The Morgan fingerprint density at radius 3 is 2.95 bits per heavy atom. The van der Waals surface area contributed by atoms with Gasteiger partial charge in [-0.05, 0) is 31.5 Å². The first-order valence-electron chi connectivity index (χ1n) is 6.99. The molecule has 0 spiro atoms. The maximum Gasteiger partial charge on any atom is 0.329 e. The largest absolute Gasteiger partial charge is 0.495 e. The first kappa shape index (κ1) is 14.7. The Morgan fingerprint density at radius 1 is 1.55 bits per heavy atom. The minimum atomic E-state index is -0.936. The number of aliphatic carboxylic acids is 1. The molecule has 1 fully saturated rings. The second-order valence-electron chi connectivity index (χ2n) is 5.16. The normalized spacial score (nSPS) is 26.0. The van der Waals surface area contributed by atoms with Crippen molar-refractivity contribution in [3.63, 3.8) is 0 Å². The zero-order valence-corrected chi connectivity index (χ0v) is 12.0. The Kier molecular flexibility index (Phi) is 4.49. The van der Waals surface area contributed by atoms with E-state index in [0.29, 0.717) is 25.3 Å². The summed E-state index contributed by atoms with van der Waals surface area (Å²) in [5.74, 6) is -0.0862. The van der Waals surface area contributed by atoms with E-state index in [1.165, 1.54) is 0 Å². The maximum absolute atomic E-state index is 11.9. The van der Waals surface area contributed by atoms with Crippen molar-refractivity contribution in [2.75, 3.05) is 25.5 Å². The summed E-state index contributed by atoms with van der Waals surface area (Å²) in [6.45, 7) is 3.44. The van der Waals surface area contributed by atoms with Gasteiger partial charge in [-0.1, -0.05) is 19.1 Å². The fraction of sp³-hybridized carbons (Fsp3) is 0.533. The Hall–Kier alpha value is -1.75. The van der Waals surface area contributed by atoms with Crippen LogP contribution in [0.25, 0.3) is 0 Å². The zero-order chi connectivity index (χ0) is 14.6. The van der Waals surface area contributed by atoms with E-state index in [4.69, 9.17) is 4.74 Å². The first-order valence-corrected chi connectivity index (χ1v) is 6.99. The van der Waals surface area contributed by atoms with Gasteiger partial charge in [0, 0.05) is 12.5 Å². The first-order chi connectivity index (χ1) is 9.64. The second-order valence-corrected chi connectivity index (χ2v) is 5.16. The van der Waals surface area contributed by atoms with Crippen LogP contribution in [0.1, 0.15) is 19.8 Å². The number of hydrogen-bond acceptors (Lipinski definition) is 4. The Balaban J connectivity index is 2.35. The molecule has 0 amide bonds. The highest BCUT2D eigenvalue weighted by Crippen LogP contribution is 2.35. The van der Waals surface area contributed by atoms with E-state index < -0.39 is 11.5 Å². The van der Waals surface area contributed by atoms with E-state index in [0.717, 1.165) is 12.1 Å². The number of hydrogen-bond donors (Lipinski definition) is 3. The summed E-state index contributed by atoms with van der Waals surface area (Å²) in [7, 11) is 1.59. The number of benzene rings is 1. The minimum Gasteiger partial charge on any atom is -0.495 e. The summed E-state index contributed by atoms with van der Waals surface area (Å²) >= 11 is 0. The number of carboxylic acid groups (broad SMARTS) is 1. The number of anilines is 1. The van der Waals surface area contributed by atoms with Crippen LogP contribution in [-0.4, -0.2) is 36.8 Å². The summed E-state index contributed by atoms with van der Waals surface area (Å²) in [5.41, 5.74) is -0.202. The fourth-order valence-corrected chi connectivity index (χ4v) is 2.92. The number of nitrogens with one attached hydrogen (secondary N) is 2. The molecule has 1 heterocycles. The van der Waals surface area contributed by atoms with E-state index >= 15 is 0 Å². The van der Waals surface area contributed by atoms with Gasteiger partial charge in [-0.2, -0.15) is 0 Å². The topological polar surface area (TPSA) is 70.6 Å². The van der Waals surface area contributed by atoms with Gasteiger partial charge in [0.25, 0.3) is 0 Å². The minimum absolute atomic E-state index is 0.0404. The van der Waals surface area contributed by atoms with E-state index in [1.807, 2.05) is 31.2 Å². The lowest BCUT2D eigenvalue weighted by molar-refractivity contribution is -0.145. The molecule has 0 saturated carbocycles. The molecule has 5 heteroatoms. The molecule has 1 saturated heterocycles. The van der Waals surface area contributed by atoms with Gasteiger partial charge in [0.15, 0.2) is 0 Å². The van der Waals surface area contributed by atoms with Crippen LogP contribution in [0.5, 0.6) is 5.75 Å². The molecule has 0 radical (unpaired) electrons. The number of carboxylic acids is 1. The van der Waals surface area contributed by atoms with Gasteiger partial charge >= 0.3 is 5.97 Å². The van der Waals surface area contributed by atoms with Crippen LogP contribution < -0.4 is 15.4 Å². The van der Waals surface area contributed by atoms with Crippen LogP contribution in [0.2, 0.25) is 0 Å². The Bertz CT molecular complexity index is 478. The average molecular weight is 278 g/mol.